The largest absolute Gasteiger partial charge is 0.382 e. The highest BCUT2D eigenvalue weighted by Gasteiger charge is 2.26. The van der Waals surface area contributed by atoms with Gasteiger partial charge >= 0.3 is 0 Å². The second-order valence-corrected chi connectivity index (χ2v) is 6.53. The fraction of sp³-hybridized carbons (Fsp3) is 0.316. The van der Waals surface area contributed by atoms with Gasteiger partial charge in [-0.15, -0.1) is 0 Å². The highest BCUT2D eigenvalue weighted by Crippen LogP contribution is 2.36. The number of piperidine rings is 1. The van der Waals surface area contributed by atoms with Crippen LogP contribution in [0.5, 0.6) is 0 Å². The normalized spacial score (nSPS) is 15.6. The van der Waals surface area contributed by atoms with E-state index in [9.17, 15) is 4.79 Å². The number of nitrogens with two attached hydrogens (primary N) is 1. The minimum Gasteiger partial charge on any atom is -0.382 e. The number of hydrogen-bond acceptors (Lipinski definition) is 4. The van der Waals surface area contributed by atoms with Crippen molar-refractivity contribution >= 4 is 22.8 Å². The molecule has 1 fully saturated rings. The summed E-state index contributed by atoms with van der Waals surface area (Å²) < 4.78 is 2.08. The summed E-state index contributed by atoms with van der Waals surface area (Å²) in [5.74, 6) is 1.01. The van der Waals surface area contributed by atoms with Crippen LogP contribution in [0.2, 0.25) is 0 Å². The molecule has 3 aromatic rings. The summed E-state index contributed by atoms with van der Waals surface area (Å²) in [7, 11) is 0. The maximum absolute atomic E-state index is 11.6. The van der Waals surface area contributed by atoms with Crippen molar-refractivity contribution in [3.05, 3.63) is 48.4 Å². The first-order chi connectivity index (χ1) is 12.1. The minimum atomic E-state index is 0.150. The van der Waals surface area contributed by atoms with E-state index >= 15 is 0 Å². The SMILES string of the molecule is CC(=O)N1CCC(c2cn(-c3ccccc3)c3c(N)ncnc23)CC1. The molecule has 0 saturated carbocycles. The van der Waals surface area contributed by atoms with Crippen LogP contribution >= 0.6 is 0 Å². The van der Waals surface area contributed by atoms with E-state index in [1.54, 1.807) is 6.92 Å². The van der Waals surface area contributed by atoms with Crippen LogP contribution in [0.15, 0.2) is 42.9 Å². The number of benzene rings is 1. The lowest BCUT2D eigenvalue weighted by Crippen LogP contribution is -2.36. The minimum absolute atomic E-state index is 0.150. The van der Waals surface area contributed by atoms with E-state index in [1.807, 2.05) is 35.2 Å². The Morgan fingerprint density at radius 2 is 1.88 bits per heavy atom. The molecule has 0 atom stereocenters. The lowest BCUT2D eigenvalue weighted by atomic mass is 9.90. The third kappa shape index (κ3) is 2.73. The third-order valence-corrected chi connectivity index (χ3v) is 5.05. The highest BCUT2D eigenvalue weighted by molar-refractivity contribution is 5.90. The fourth-order valence-corrected chi connectivity index (χ4v) is 3.70. The van der Waals surface area contributed by atoms with E-state index in [2.05, 4.69) is 20.7 Å². The Kier molecular flexibility index (Phi) is 3.87. The quantitative estimate of drug-likeness (QED) is 0.781. The van der Waals surface area contributed by atoms with Crippen LogP contribution in [0.1, 0.15) is 31.2 Å². The fourth-order valence-electron chi connectivity index (χ4n) is 3.70. The summed E-state index contributed by atoms with van der Waals surface area (Å²) in [5, 5.41) is 0. The molecule has 1 aromatic carbocycles. The van der Waals surface area contributed by atoms with E-state index in [0.29, 0.717) is 11.7 Å². The van der Waals surface area contributed by atoms with Crippen molar-refractivity contribution in [1.29, 1.82) is 0 Å². The maximum Gasteiger partial charge on any atom is 0.219 e. The predicted molar refractivity (Wildman–Crippen MR) is 97.5 cm³/mol. The van der Waals surface area contributed by atoms with Gasteiger partial charge in [-0.25, -0.2) is 9.97 Å². The molecule has 2 aromatic heterocycles. The topological polar surface area (TPSA) is 77.0 Å². The van der Waals surface area contributed by atoms with Gasteiger partial charge in [0.2, 0.25) is 5.91 Å². The lowest BCUT2D eigenvalue weighted by Gasteiger charge is -2.31. The molecule has 1 saturated heterocycles. The summed E-state index contributed by atoms with van der Waals surface area (Å²) in [5.41, 5.74) is 10.2. The highest BCUT2D eigenvalue weighted by atomic mass is 16.2. The molecule has 6 heteroatoms. The Morgan fingerprint density at radius 1 is 1.16 bits per heavy atom. The standard InChI is InChI=1S/C19H21N5O/c1-13(25)23-9-7-14(8-10-23)16-11-24(15-5-3-2-4-6-15)18-17(16)21-12-22-19(18)20/h2-6,11-12,14H,7-10H2,1H3,(H2,20,21,22). The zero-order chi connectivity index (χ0) is 17.4. The summed E-state index contributed by atoms with van der Waals surface area (Å²) in [6.45, 7) is 3.21. The monoisotopic (exact) mass is 335 g/mol. The predicted octanol–water partition coefficient (Wildman–Crippen LogP) is 2.73. The smallest absolute Gasteiger partial charge is 0.219 e. The van der Waals surface area contributed by atoms with Crippen molar-refractivity contribution < 1.29 is 4.79 Å². The first-order valence-electron chi connectivity index (χ1n) is 8.57. The van der Waals surface area contributed by atoms with Crippen molar-refractivity contribution in [2.45, 2.75) is 25.7 Å². The van der Waals surface area contributed by atoms with Gasteiger partial charge in [0, 0.05) is 31.9 Å². The number of hydrogen-bond donors (Lipinski definition) is 1. The van der Waals surface area contributed by atoms with Crippen LogP contribution < -0.4 is 5.73 Å². The number of anilines is 1. The Morgan fingerprint density at radius 3 is 2.56 bits per heavy atom. The molecular weight excluding hydrogens is 314 g/mol. The molecule has 0 aliphatic carbocycles. The maximum atomic E-state index is 11.6. The Hall–Kier alpha value is -2.89. The van der Waals surface area contributed by atoms with E-state index in [0.717, 1.165) is 42.7 Å². The second kappa shape index (κ2) is 6.20. The van der Waals surface area contributed by atoms with Crippen molar-refractivity contribution in [2.75, 3.05) is 18.8 Å². The van der Waals surface area contributed by atoms with Gasteiger partial charge in [-0.05, 0) is 36.5 Å². The van der Waals surface area contributed by atoms with E-state index < -0.39 is 0 Å². The Balaban J connectivity index is 1.78. The van der Waals surface area contributed by atoms with Crippen LogP contribution in [0.4, 0.5) is 5.82 Å². The zero-order valence-corrected chi connectivity index (χ0v) is 14.2. The molecule has 128 valence electrons. The molecule has 1 aliphatic heterocycles. The summed E-state index contributed by atoms with van der Waals surface area (Å²) in [6.07, 6.45) is 5.55. The van der Waals surface area contributed by atoms with Crippen LogP contribution in [0, 0.1) is 0 Å². The summed E-state index contributed by atoms with van der Waals surface area (Å²) >= 11 is 0. The van der Waals surface area contributed by atoms with E-state index in [1.165, 1.54) is 11.9 Å². The van der Waals surface area contributed by atoms with Crippen molar-refractivity contribution in [2.24, 2.45) is 0 Å². The molecule has 0 spiro atoms. The first-order valence-corrected chi connectivity index (χ1v) is 8.57. The third-order valence-electron chi connectivity index (χ3n) is 5.05. The number of nitrogens with zero attached hydrogens (tertiary/aromatic N) is 4. The summed E-state index contributed by atoms with van der Waals surface area (Å²) in [6, 6.07) is 10.1. The number of aromatic nitrogens is 3. The van der Waals surface area contributed by atoms with Gasteiger partial charge in [0.25, 0.3) is 0 Å². The lowest BCUT2D eigenvalue weighted by molar-refractivity contribution is -0.129. The van der Waals surface area contributed by atoms with Gasteiger partial charge < -0.3 is 15.2 Å². The Bertz CT molecular complexity index is 910. The molecule has 1 aliphatic rings. The molecule has 1 amide bonds. The molecule has 0 bridgehead atoms. The number of nitrogen functional groups attached to an aromatic ring is 1. The number of likely N-dealkylation sites (tertiary alicyclic amines) is 1. The van der Waals surface area contributed by atoms with Gasteiger partial charge in [-0.3, -0.25) is 4.79 Å². The first kappa shape index (κ1) is 15.6. The number of fused-ring (bicyclic) bond motifs is 1. The van der Waals surface area contributed by atoms with Crippen LogP contribution in [0.25, 0.3) is 16.7 Å². The number of para-hydroxylation sites is 1. The number of amides is 1. The van der Waals surface area contributed by atoms with Crippen molar-refractivity contribution in [3.8, 4) is 5.69 Å². The average molecular weight is 335 g/mol. The molecule has 4 rings (SSSR count). The van der Waals surface area contributed by atoms with Crippen molar-refractivity contribution in [1.82, 2.24) is 19.4 Å². The number of carbonyl (C=O) groups excluding carboxylic acids is 1. The molecule has 6 nitrogen and oxygen atoms in total. The molecule has 0 unspecified atom stereocenters. The van der Waals surface area contributed by atoms with Crippen molar-refractivity contribution in [3.63, 3.8) is 0 Å². The van der Waals surface area contributed by atoms with Gasteiger partial charge in [0.05, 0.1) is 5.52 Å². The molecule has 3 heterocycles. The van der Waals surface area contributed by atoms with E-state index in [4.69, 9.17) is 5.73 Å². The zero-order valence-electron chi connectivity index (χ0n) is 14.2. The van der Waals surface area contributed by atoms with Crippen LogP contribution in [0.3, 0.4) is 0 Å². The van der Waals surface area contributed by atoms with Gasteiger partial charge in [-0.2, -0.15) is 0 Å². The van der Waals surface area contributed by atoms with Gasteiger partial charge in [-0.1, -0.05) is 18.2 Å². The van der Waals surface area contributed by atoms with Gasteiger partial charge in [0.1, 0.15) is 11.8 Å². The molecule has 2 N–H and O–H groups in total. The molecular formula is C19H21N5O. The molecule has 25 heavy (non-hydrogen) atoms. The average Bonchev–Trinajstić information content (AvgIpc) is 3.03. The number of carbonyl (C=O) groups is 1. The van der Waals surface area contributed by atoms with Gasteiger partial charge in [0.15, 0.2) is 5.82 Å². The molecule has 0 radical (unpaired) electrons. The van der Waals surface area contributed by atoms with Crippen LogP contribution in [-0.2, 0) is 4.79 Å². The van der Waals surface area contributed by atoms with E-state index in [-0.39, 0.29) is 5.91 Å². The van der Waals surface area contributed by atoms with Crippen LogP contribution in [-0.4, -0.2) is 38.4 Å². The summed E-state index contributed by atoms with van der Waals surface area (Å²) in [4.78, 5) is 22.2. The Labute approximate surface area is 146 Å². The second-order valence-electron chi connectivity index (χ2n) is 6.53. The number of rotatable bonds is 2.